The summed E-state index contributed by atoms with van der Waals surface area (Å²) in [5.74, 6) is -1.32. The molecule has 1 fully saturated rings. The van der Waals surface area contributed by atoms with Crippen LogP contribution < -0.4 is 4.90 Å². The summed E-state index contributed by atoms with van der Waals surface area (Å²) in [5, 5.41) is 0. The summed E-state index contributed by atoms with van der Waals surface area (Å²) in [4.78, 5) is 44.7. The van der Waals surface area contributed by atoms with E-state index in [1.165, 1.54) is 0 Å². The molecule has 36 heavy (non-hydrogen) atoms. The first-order valence-electron chi connectivity index (χ1n) is 12.3. The minimum Gasteiger partial charge on any atom is -0.378 e. The number of morpholine rings is 1. The van der Waals surface area contributed by atoms with Crippen LogP contribution in [0.1, 0.15) is 50.0 Å². The average molecular weight is 485 g/mol. The van der Waals surface area contributed by atoms with Gasteiger partial charge >= 0.3 is 0 Å². The molecule has 6 nitrogen and oxygen atoms in total. The van der Waals surface area contributed by atoms with Gasteiger partial charge in [-0.2, -0.15) is 0 Å². The highest BCUT2D eigenvalue weighted by molar-refractivity contribution is 6.49. The van der Waals surface area contributed by atoms with Crippen LogP contribution in [-0.4, -0.2) is 62.6 Å². The van der Waals surface area contributed by atoms with Gasteiger partial charge in [0, 0.05) is 35.5 Å². The molecule has 0 amide bonds. The van der Waals surface area contributed by atoms with Crippen molar-refractivity contribution in [3.8, 4) is 0 Å². The van der Waals surface area contributed by atoms with E-state index in [2.05, 4.69) is 4.90 Å². The number of benzene rings is 3. The van der Waals surface area contributed by atoms with Crippen LogP contribution in [-0.2, 0) is 10.3 Å². The molecule has 1 aliphatic rings. The maximum Gasteiger partial charge on any atom is 0.233 e. The van der Waals surface area contributed by atoms with Crippen molar-refractivity contribution in [3.63, 3.8) is 0 Å². The summed E-state index contributed by atoms with van der Waals surface area (Å²) in [6.07, 6.45) is 0.424. The Morgan fingerprint density at radius 1 is 0.806 bits per heavy atom. The summed E-state index contributed by atoms with van der Waals surface area (Å²) >= 11 is 0. The van der Waals surface area contributed by atoms with E-state index in [0.717, 1.165) is 18.8 Å². The molecule has 1 saturated heterocycles. The third kappa shape index (κ3) is 4.74. The molecular weight excluding hydrogens is 452 g/mol. The second-order valence-electron chi connectivity index (χ2n) is 9.15. The maximum absolute atomic E-state index is 14.2. The van der Waals surface area contributed by atoms with Gasteiger partial charge < -0.3 is 9.64 Å². The Hall–Kier alpha value is -3.61. The predicted octanol–water partition coefficient (Wildman–Crippen LogP) is 4.64. The Morgan fingerprint density at radius 3 is 2.03 bits per heavy atom. The van der Waals surface area contributed by atoms with Crippen LogP contribution in [0.5, 0.6) is 0 Å². The maximum atomic E-state index is 14.2. The summed E-state index contributed by atoms with van der Waals surface area (Å²) in [7, 11) is 3.67. The Bertz CT molecular complexity index is 1230. The Morgan fingerprint density at radius 2 is 1.42 bits per heavy atom. The number of carbonyl (C=O) groups is 3. The van der Waals surface area contributed by atoms with Crippen molar-refractivity contribution in [1.82, 2.24) is 4.90 Å². The summed E-state index contributed by atoms with van der Waals surface area (Å²) in [6.45, 7) is 4.93. The van der Waals surface area contributed by atoms with E-state index < -0.39 is 17.1 Å². The first kappa shape index (κ1) is 25.5. The van der Waals surface area contributed by atoms with Crippen molar-refractivity contribution in [1.29, 1.82) is 0 Å². The molecule has 0 N–H and O–H groups in total. The Balaban J connectivity index is 1.73. The zero-order valence-corrected chi connectivity index (χ0v) is 21.1. The van der Waals surface area contributed by atoms with Gasteiger partial charge in [-0.1, -0.05) is 61.5 Å². The van der Waals surface area contributed by atoms with Gasteiger partial charge in [0.15, 0.2) is 5.78 Å². The normalized spacial score (nSPS) is 15.4. The van der Waals surface area contributed by atoms with Crippen molar-refractivity contribution in [2.75, 3.05) is 45.3 Å². The molecule has 3 aromatic carbocycles. The Kier molecular flexibility index (Phi) is 7.77. The van der Waals surface area contributed by atoms with Gasteiger partial charge in [-0.25, -0.2) is 0 Å². The number of ether oxygens (including phenoxy) is 1. The van der Waals surface area contributed by atoms with E-state index >= 15 is 0 Å². The van der Waals surface area contributed by atoms with E-state index in [0.29, 0.717) is 36.3 Å². The minimum absolute atomic E-state index is 0.115. The lowest BCUT2D eigenvalue weighted by Gasteiger charge is -2.39. The topological polar surface area (TPSA) is 66.9 Å². The number of anilines is 1. The Labute approximate surface area is 212 Å². The van der Waals surface area contributed by atoms with E-state index in [1.54, 1.807) is 48.5 Å². The van der Waals surface area contributed by atoms with Crippen molar-refractivity contribution in [2.45, 2.75) is 18.9 Å². The van der Waals surface area contributed by atoms with E-state index in [-0.39, 0.29) is 11.3 Å². The summed E-state index contributed by atoms with van der Waals surface area (Å²) < 4.78 is 5.44. The number of likely N-dealkylation sites (N-methyl/N-ethyl adjacent to an activating group) is 1. The fraction of sp³-hybridized carbons (Fsp3) is 0.300. The number of hydrogen-bond donors (Lipinski definition) is 0. The molecule has 0 radical (unpaired) electrons. The zero-order valence-electron chi connectivity index (χ0n) is 21.1. The van der Waals surface area contributed by atoms with Crippen LogP contribution >= 0.6 is 0 Å². The second-order valence-corrected chi connectivity index (χ2v) is 9.15. The molecule has 1 heterocycles. The van der Waals surface area contributed by atoms with E-state index in [1.807, 2.05) is 56.3 Å². The zero-order chi connectivity index (χ0) is 25.7. The van der Waals surface area contributed by atoms with E-state index in [9.17, 15) is 14.4 Å². The smallest absolute Gasteiger partial charge is 0.233 e. The fourth-order valence-electron chi connectivity index (χ4n) is 5.00. The van der Waals surface area contributed by atoms with Crippen molar-refractivity contribution in [2.24, 2.45) is 0 Å². The van der Waals surface area contributed by atoms with Crippen LogP contribution in [0.3, 0.4) is 0 Å². The van der Waals surface area contributed by atoms with Gasteiger partial charge in [0.05, 0.1) is 13.2 Å². The molecule has 1 unspecified atom stereocenters. The molecule has 0 aliphatic carbocycles. The largest absolute Gasteiger partial charge is 0.378 e. The lowest BCUT2D eigenvalue weighted by Crippen LogP contribution is -2.49. The van der Waals surface area contributed by atoms with Crippen molar-refractivity contribution >= 4 is 23.0 Å². The molecule has 0 aromatic heterocycles. The molecule has 0 bridgehead atoms. The number of rotatable bonds is 9. The van der Waals surface area contributed by atoms with Crippen LogP contribution in [0.4, 0.5) is 5.69 Å². The van der Waals surface area contributed by atoms with Crippen LogP contribution in [0.2, 0.25) is 0 Å². The molecule has 1 aliphatic heterocycles. The van der Waals surface area contributed by atoms with Crippen molar-refractivity contribution < 1.29 is 19.1 Å². The molecule has 186 valence electrons. The van der Waals surface area contributed by atoms with Gasteiger partial charge in [-0.15, -0.1) is 0 Å². The molecule has 0 saturated carbocycles. The quantitative estimate of drug-likeness (QED) is 0.326. The van der Waals surface area contributed by atoms with Gasteiger partial charge in [0.1, 0.15) is 5.54 Å². The molecule has 1 atom stereocenters. The number of hydrogen-bond acceptors (Lipinski definition) is 6. The van der Waals surface area contributed by atoms with Crippen LogP contribution in [0.25, 0.3) is 0 Å². The third-order valence-electron chi connectivity index (χ3n) is 7.02. The first-order valence-corrected chi connectivity index (χ1v) is 12.3. The number of carbonyl (C=O) groups excluding carboxylic acids is 3. The highest BCUT2D eigenvalue weighted by Gasteiger charge is 2.44. The fourth-order valence-corrected chi connectivity index (χ4v) is 5.00. The van der Waals surface area contributed by atoms with Crippen LogP contribution in [0, 0.1) is 0 Å². The van der Waals surface area contributed by atoms with Gasteiger partial charge in [-0.3, -0.25) is 19.3 Å². The second kappa shape index (κ2) is 11.0. The van der Waals surface area contributed by atoms with Crippen molar-refractivity contribution in [3.05, 3.63) is 101 Å². The highest BCUT2D eigenvalue weighted by atomic mass is 16.5. The standard InChI is InChI=1S/C30H32N2O4/c1-4-30(31(2)3,29(35)23-14-16-24(17-15-23)32-18-20-36-21-19-32)26-13-9-8-12-25(26)28(34)27(33)22-10-6-5-7-11-22/h5-17H,4,18-21H2,1-3H3. The lowest BCUT2D eigenvalue weighted by molar-refractivity contribution is 0.0654. The molecular formula is C30H32N2O4. The van der Waals surface area contributed by atoms with E-state index in [4.69, 9.17) is 4.74 Å². The van der Waals surface area contributed by atoms with Crippen LogP contribution in [0.15, 0.2) is 78.9 Å². The highest BCUT2D eigenvalue weighted by Crippen LogP contribution is 2.37. The lowest BCUT2D eigenvalue weighted by atomic mass is 9.76. The van der Waals surface area contributed by atoms with Gasteiger partial charge in [-0.05, 0) is 50.3 Å². The minimum atomic E-state index is -1.12. The first-order chi connectivity index (χ1) is 17.4. The summed E-state index contributed by atoms with van der Waals surface area (Å²) in [5.41, 5.74) is 1.59. The van der Waals surface area contributed by atoms with Gasteiger partial charge in [0.25, 0.3) is 0 Å². The monoisotopic (exact) mass is 484 g/mol. The number of Topliss-reactive ketones (excluding diaryl/α,β-unsaturated/α-hetero) is 3. The number of nitrogens with zero attached hydrogens (tertiary/aromatic N) is 2. The predicted molar refractivity (Wildman–Crippen MR) is 141 cm³/mol. The molecule has 3 aromatic rings. The average Bonchev–Trinajstić information content (AvgIpc) is 2.94. The SMILES string of the molecule is CCC(C(=O)c1ccc(N2CCOCC2)cc1)(c1ccccc1C(=O)C(=O)c1ccccc1)N(C)C. The molecule has 6 heteroatoms. The third-order valence-corrected chi connectivity index (χ3v) is 7.02. The van der Waals surface area contributed by atoms with Gasteiger partial charge in [0.2, 0.25) is 11.6 Å². The summed E-state index contributed by atoms with van der Waals surface area (Å²) in [6, 6.07) is 23.1. The number of ketones is 3. The molecule has 0 spiro atoms. The molecule has 4 rings (SSSR count).